The van der Waals surface area contributed by atoms with Crippen molar-refractivity contribution in [3.05, 3.63) is 28.8 Å². The van der Waals surface area contributed by atoms with Crippen LogP contribution in [-0.2, 0) is 9.47 Å². The first-order chi connectivity index (χ1) is 9.11. The van der Waals surface area contributed by atoms with E-state index >= 15 is 0 Å². The van der Waals surface area contributed by atoms with Crippen LogP contribution >= 0.6 is 11.6 Å². The summed E-state index contributed by atoms with van der Waals surface area (Å²) in [5, 5.41) is 0.323. The third kappa shape index (κ3) is 3.39. The first-order valence-electron chi connectivity index (χ1n) is 6.39. The molecule has 2 rings (SSSR count). The van der Waals surface area contributed by atoms with Gasteiger partial charge in [-0.2, -0.15) is 0 Å². The highest BCUT2D eigenvalue weighted by Gasteiger charge is 2.26. The van der Waals surface area contributed by atoms with E-state index in [-0.39, 0.29) is 17.8 Å². The molecule has 0 aliphatic heterocycles. The SMILES string of the molecule is COC1CCCC(OC(=O)c2c(N)cccc2Cl)C1. The maximum absolute atomic E-state index is 12.1. The number of hydrogen-bond acceptors (Lipinski definition) is 4. The molecule has 104 valence electrons. The third-order valence-corrected chi connectivity index (χ3v) is 3.75. The maximum atomic E-state index is 12.1. The van der Waals surface area contributed by atoms with Gasteiger partial charge in [0.2, 0.25) is 0 Å². The molecule has 0 heterocycles. The summed E-state index contributed by atoms with van der Waals surface area (Å²) in [7, 11) is 1.68. The van der Waals surface area contributed by atoms with Crippen LogP contribution in [0.3, 0.4) is 0 Å². The topological polar surface area (TPSA) is 61.5 Å². The second kappa shape index (κ2) is 6.26. The summed E-state index contributed by atoms with van der Waals surface area (Å²) in [6.45, 7) is 0. The number of carbonyl (C=O) groups is 1. The van der Waals surface area contributed by atoms with Gasteiger partial charge in [0.25, 0.3) is 0 Å². The lowest BCUT2D eigenvalue weighted by molar-refractivity contribution is -0.0148. The van der Waals surface area contributed by atoms with Crippen molar-refractivity contribution in [2.45, 2.75) is 37.9 Å². The molecule has 19 heavy (non-hydrogen) atoms. The Bertz CT molecular complexity index is 444. The summed E-state index contributed by atoms with van der Waals surface area (Å²) < 4.78 is 10.8. The van der Waals surface area contributed by atoms with Gasteiger partial charge in [0.05, 0.1) is 11.1 Å². The van der Waals surface area contributed by atoms with Gasteiger partial charge in [-0.25, -0.2) is 4.79 Å². The molecule has 0 radical (unpaired) electrons. The van der Waals surface area contributed by atoms with Crippen molar-refractivity contribution in [2.24, 2.45) is 0 Å². The summed E-state index contributed by atoms with van der Waals surface area (Å²) in [4.78, 5) is 12.1. The van der Waals surface area contributed by atoms with Gasteiger partial charge in [-0.1, -0.05) is 17.7 Å². The van der Waals surface area contributed by atoms with Gasteiger partial charge in [0.15, 0.2) is 0 Å². The van der Waals surface area contributed by atoms with Crippen LogP contribution in [0.4, 0.5) is 5.69 Å². The van der Waals surface area contributed by atoms with Crippen LogP contribution < -0.4 is 5.73 Å². The predicted molar refractivity (Wildman–Crippen MR) is 74.3 cm³/mol. The molecule has 0 spiro atoms. The fourth-order valence-corrected chi connectivity index (χ4v) is 2.65. The molecular weight excluding hydrogens is 266 g/mol. The highest BCUT2D eigenvalue weighted by molar-refractivity contribution is 6.34. The molecule has 2 unspecified atom stereocenters. The lowest BCUT2D eigenvalue weighted by atomic mass is 9.95. The summed E-state index contributed by atoms with van der Waals surface area (Å²) in [5.74, 6) is -0.454. The number of nitrogens with two attached hydrogens (primary N) is 1. The molecule has 4 nitrogen and oxygen atoms in total. The Morgan fingerprint density at radius 1 is 1.37 bits per heavy atom. The second-order valence-corrected chi connectivity index (χ2v) is 5.16. The van der Waals surface area contributed by atoms with Crippen molar-refractivity contribution in [3.63, 3.8) is 0 Å². The van der Waals surface area contributed by atoms with Crippen molar-refractivity contribution in [3.8, 4) is 0 Å². The zero-order valence-corrected chi connectivity index (χ0v) is 11.7. The van der Waals surface area contributed by atoms with E-state index in [1.165, 1.54) is 0 Å². The Morgan fingerprint density at radius 3 is 2.79 bits per heavy atom. The number of anilines is 1. The lowest BCUT2D eigenvalue weighted by Gasteiger charge is -2.28. The van der Waals surface area contributed by atoms with Crippen LogP contribution in [0.15, 0.2) is 18.2 Å². The summed E-state index contributed by atoms with van der Waals surface area (Å²) >= 11 is 5.99. The highest BCUT2D eigenvalue weighted by atomic mass is 35.5. The average molecular weight is 284 g/mol. The van der Waals surface area contributed by atoms with E-state index < -0.39 is 5.97 Å². The average Bonchev–Trinajstić information content (AvgIpc) is 2.38. The fraction of sp³-hybridized carbons (Fsp3) is 0.500. The smallest absolute Gasteiger partial charge is 0.342 e. The van der Waals surface area contributed by atoms with Gasteiger partial charge in [-0.05, 0) is 31.4 Å². The van der Waals surface area contributed by atoms with Crippen LogP contribution in [0, 0.1) is 0 Å². The number of esters is 1. The van der Waals surface area contributed by atoms with Crippen LogP contribution in [0.5, 0.6) is 0 Å². The minimum Gasteiger partial charge on any atom is -0.459 e. The highest BCUT2D eigenvalue weighted by Crippen LogP contribution is 2.27. The maximum Gasteiger partial charge on any atom is 0.342 e. The Morgan fingerprint density at radius 2 is 2.11 bits per heavy atom. The molecule has 1 fully saturated rings. The van der Waals surface area contributed by atoms with Gasteiger partial charge in [0.1, 0.15) is 11.7 Å². The Kier molecular flexibility index (Phi) is 4.66. The van der Waals surface area contributed by atoms with E-state index in [9.17, 15) is 4.79 Å². The van der Waals surface area contributed by atoms with Crippen molar-refractivity contribution >= 4 is 23.3 Å². The number of ether oxygens (including phenoxy) is 2. The number of nitrogen functional groups attached to an aromatic ring is 1. The summed E-state index contributed by atoms with van der Waals surface area (Å²) in [6.07, 6.45) is 3.63. The number of rotatable bonds is 3. The molecule has 0 bridgehead atoms. The third-order valence-electron chi connectivity index (χ3n) is 3.43. The van der Waals surface area contributed by atoms with Crippen LogP contribution in [0.1, 0.15) is 36.0 Å². The Hall–Kier alpha value is -1.26. The van der Waals surface area contributed by atoms with Gasteiger partial charge >= 0.3 is 5.97 Å². The molecule has 0 amide bonds. The van der Waals surface area contributed by atoms with E-state index in [1.54, 1.807) is 25.3 Å². The number of benzene rings is 1. The standard InChI is InChI=1S/C14H18ClNO3/c1-18-9-4-2-5-10(8-9)19-14(17)13-11(15)6-3-7-12(13)16/h3,6-7,9-10H,2,4-5,8,16H2,1H3. The van der Waals surface area contributed by atoms with E-state index in [4.69, 9.17) is 26.8 Å². The minimum atomic E-state index is -0.454. The molecule has 5 heteroatoms. The van der Waals surface area contributed by atoms with Crippen molar-refractivity contribution in [1.29, 1.82) is 0 Å². The number of methoxy groups -OCH3 is 1. The Balaban J connectivity index is 2.05. The molecule has 2 atom stereocenters. The monoisotopic (exact) mass is 283 g/mol. The van der Waals surface area contributed by atoms with Crippen molar-refractivity contribution < 1.29 is 14.3 Å². The molecule has 1 aliphatic carbocycles. The van der Waals surface area contributed by atoms with E-state index in [2.05, 4.69) is 0 Å². The minimum absolute atomic E-state index is 0.123. The van der Waals surface area contributed by atoms with Crippen LogP contribution in [0.25, 0.3) is 0 Å². The first-order valence-corrected chi connectivity index (χ1v) is 6.77. The molecule has 2 N–H and O–H groups in total. The van der Waals surface area contributed by atoms with Crippen molar-refractivity contribution in [1.82, 2.24) is 0 Å². The number of hydrogen-bond donors (Lipinski definition) is 1. The van der Waals surface area contributed by atoms with Gasteiger partial charge in [-0.3, -0.25) is 0 Å². The van der Waals surface area contributed by atoms with Crippen molar-refractivity contribution in [2.75, 3.05) is 12.8 Å². The second-order valence-electron chi connectivity index (χ2n) is 4.76. The molecule has 1 saturated carbocycles. The number of carbonyl (C=O) groups excluding carboxylic acids is 1. The molecule has 0 aromatic heterocycles. The lowest BCUT2D eigenvalue weighted by Crippen LogP contribution is -2.29. The van der Waals surface area contributed by atoms with E-state index in [0.29, 0.717) is 10.7 Å². The van der Waals surface area contributed by atoms with Gasteiger partial charge in [-0.15, -0.1) is 0 Å². The predicted octanol–water partition coefficient (Wildman–Crippen LogP) is 3.04. The Labute approximate surface area is 117 Å². The molecule has 1 aliphatic rings. The van der Waals surface area contributed by atoms with E-state index in [1.807, 2.05) is 0 Å². The molecule has 1 aromatic rings. The summed E-state index contributed by atoms with van der Waals surface area (Å²) in [6, 6.07) is 4.98. The largest absolute Gasteiger partial charge is 0.459 e. The zero-order valence-electron chi connectivity index (χ0n) is 10.9. The van der Waals surface area contributed by atoms with Gasteiger partial charge < -0.3 is 15.2 Å². The number of halogens is 1. The van der Waals surface area contributed by atoms with Gasteiger partial charge in [0, 0.05) is 19.2 Å². The fourth-order valence-electron chi connectivity index (χ4n) is 2.39. The first kappa shape index (κ1) is 14.2. The normalized spacial score (nSPS) is 23.1. The van der Waals surface area contributed by atoms with Crippen LogP contribution in [0.2, 0.25) is 5.02 Å². The molecule has 0 saturated heterocycles. The zero-order chi connectivity index (χ0) is 13.8. The summed E-state index contributed by atoms with van der Waals surface area (Å²) in [5.41, 5.74) is 6.37. The molecular formula is C14H18ClNO3. The van der Waals surface area contributed by atoms with Crippen LogP contribution in [-0.4, -0.2) is 25.3 Å². The van der Waals surface area contributed by atoms with E-state index in [0.717, 1.165) is 25.7 Å². The molecule has 1 aromatic carbocycles. The quantitative estimate of drug-likeness (QED) is 0.684.